The summed E-state index contributed by atoms with van der Waals surface area (Å²) in [5.74, 6) is 1.59. The fraction of sp³-hybridized carbons (Fsp3) is 0.769. The van der Waals surface area contributed by atoms with E-state index >= 15 is 0 Å². The zero-order valence-electron chi connectivity index (χ0n) is 11.7. The molecule has 0 fully saturated rings. The number of rotatable bonds is 7. The van der Waals surface area contributed by atoms with Gasteiger partial charge in [-0.1, -0.05) is 19.0 Å². The lowest BCUT2D eigenvalue weighted by atomic mass is 10.2. The molecule has 4 nitrogen and oxygen atoms in total. The molecule has 0 radical (unpaired) electrons. The Morgan fingerprint density at radius 3 is 2.65 bits per heavy atom. The lowest BCUT2D eigenvalue weighted by molar-refractivity contribution is 0.230. The first-order valence-corrected chi connectivity index (χ1v) is 6.34. The highest BCUT2D eigenvalue weighted by molar-refractivity contribution is 5.05. The zero-order valence-corrected chi connectivity index (χ0v) is 11.7. The maximum atomic E-state index is 5.31. The van der Waals surface area contributed by atoms with Gasteiger partial charge in [-0.05, 0) is 33.4 Å². The van der Waals surface area contributed by atoms with Crippen LogP contribution in [-0.2, 0) is 13.1 Å². The van der Waals surface area contributed by atoms with Gasteiger partial charge in [0.1, 0.15) is 0 Å². The second-order valence-corrected chi connectivity index (χ2v) is 5.32. The van der Waals surface area contributed by atoms with Gasteiger partial charge in [-0.15, -0.1) is 0 Å². The van der Waals surface area contributed by atoms with Gasteiger partial charge in [-0.25, -0.2) is 0 Å². The third-order valence-corrected chi connectivity index (χ3v) is 2.75. The van der Waals surface area contributed by atoms with E-state index in [2.05, 4.69) is 50.1 Å². The molecule has 0 atom stereocenters. The van der Waals surface area contributed by atoms with Crippen LogP contribution in [-0.4, -0.2) is 29.7 Å². The van der Waals surface area contributed by atoms with Crippen LogP contribution in [0.25, 0.3) is 0 Å². The summed E-state index contributed by atoms with van der Waals surface area (Å²) in [4.78, 5) is 2.23. The molecule has 0 saturated heterocycles. The maximum Gasteiger partial charge on any atom is 0.151 e. The number of hydrogen-bond acceptors (Lipinski definition) is 4. The van der Waals surface area contributed by atoms with Gasteiger partial charge in [0.15, 0.2) is 5.76 Å². The Hall–Kier alpha value is -0.870. The molecule has 1 N–H and O–H groups in total. The van der Waals surface area contributed by atoms with Crippen molar-refractivity contribution in [1.82, 2.24) is 15.4 Å². The summed E-state index contributed by atoms with van der Waals surface area (Å²) >= 11 is 0. The smallest absolute Gasteiger partial charge is 0.151 e. The van der Waals surface area contributed by atoms with Crippen LogP contribution in [0, 0.1) is 5.92 Å². The highest BCUT2D eigenvalue weighted by Crippen LogP contribution is 2.08. The molecule has 0 aliphatic rings. The molecule has 0 bridgehead atoms. The van der Waals surface area contributed by atoms with Crippen molar-refractivity contribution < 1.29 is 4.52 Å². The average Bonchev–Trinajstić information content (AvgIpc) is 2.65. The van der Waals surface area contributed by atoms with E-state index in [4.69, 9.17) is 4.52 Å². The quantitative estimate of drug-likeness (QED) is 0.792. The van der Waals surface area contributed by atoms with Gasteiger partial charge in [0.25, 0.3) is 0 Å². The van der Waals surface area contributed by atoms with E-state index in [9.17, 15) is 0 Å². The van der Waals surface area contributed by atoms with E-state index in [0.717, 1.165) is 31.1 Å². The van der Waals surface area contributed by atoms with E-state index in [1.165, 1.54) is 0 Å². The normalized spacial score (nSPS) is 12.0. The van der Waals surface area contributed by atoms with Crippen LogP contribution < -0.4 is 5.32 Å². The molecule has 1 aromatic heterocycles. The Balaban J connectivity index is 2.37. The molecule has 17 heavy (non-hydrogen) atoms. The monoisotopic (exact) mass is 239 g/mol. The Labute approximate surface area is 104 Å². The van der Waals surface area contributed by atoms with Crippen LogP contribution in [0.2, 0.25) is 0 Å². The van der Waals surface area contributed by atoms with Gasteiger partial charge < -0.3 is 9.84 Å². The third-order valence-electron chi connectivity index (χ3n) is 2.75. The van der Waals surface area contributed by atoms with Crippen LogP contribution in [0.1, 0.15) is 39.1 Å². The number of aromatic nitrogens is 1. The van der Waals surface area contributed by atoms with Crippen molar-refractivity contribution in [2.45, 2.75) is 46.8 Å². The minimum atomic E-state index is 0.516. The summed E-state index contributed by atoms with van der Waals surface area (Å²) in [6.45, 7) is 11.3. The third kappa shape index (κ3) is 5.33. The minimum Gasteiger partial charge on any atom is -0.360 e. The Morgan fingerprint density at radius 2 is 2.06 bits per heavy atom. The molecule has 4 heteroatoms. The van der Waals surface area contributed by atoms with E-state index in [1.807, 2.05) is 6.07 Å². The van der Waals surface area contributed by atoms with Crippen LogP contribution >= 0.6 is 0 Å². The minimum absolute atomic E-state index is 0.516. The van der Waals surface area contributed by atoms with Gasteiger partial charge in [-0.3, -0.25) is 4.90 Å². The molecule has 1 aromatic rings. The maximum absolute atomic E-state index is 5.31. The van der Waals surface area contributed by atoms with Gasteiger partial charge in [0.2, 0.25) is 0 Å². The first-order valence-electron chi connectivity index (χ1n) is 6.34. The SMILES string of the molecule is CC(C)CNCc1cc(CN(C)C(C)C)on1. The molecule has 1 rings (SSSR count). The molecule has 0 saturated carbocycles. The van der Waals surface area contributed by atoms with Crippen molar-refractivity contribution in [2.75, 3.05) is 13.6 Å². The number of nitrogens with zero attached hydrogens (tertiary/aromatic N) is 2. The molecule has 0 unspecified atom stereocenters. The Bertz CT molecular complexity index is 320. The molecule has 98 valence electrons. The molecule has 0 aromatic carbocycles. The Morgan fingerprint density at radius 1 is 1.35 bits per heavy atom. The predicted octanol–water partition coefficient (Wildman–Crippen LogP) is 2.26. The van der Waals surface area contributed by atoms with Crippen LogP contribution in [0.5, 0.6) is 0 Å². The van der Waals surface area contributed by atoms with Crippen molar-refractivity contribution in [3.05, 3.63) is 17.5 Å². The Kier molecular flexibility index (Phi) is 5.65. The molecular weight excluding hydrogens is 214 g/mol. The molecule has 0 aliphatic heterocycles. The van der Waals surface area contributed by atoms with Gasteiger partial charge in [0.05, 0.1) is 12.2 Å². The summed E-state index contributed by atoms with van der Waals surface area (Å²) < 4.78 is 5.31. The molecule has 0 amide bonds. The van der Waals surface area contributed by atoms with Gasteiger partial charge in [-0.2, -0.15) is 0 Å². The second-order valence-electron chi connectivity index (χ2n) is 5.32. The summed E-state index contributed by atoms with van der Waals surface area (Å²) in [6, 6.07) is 2.55. The van der Waals surface area contributed by atoms with Gasteiger partial charge in [0, 0.05) is 18.7 Å². The second kappa shape index (κ2) is 6.77. The zero-order chi connectivity index (χ0) is 12.8. The lowest BCUT2D eigenvalue weighted by Crippen LogP contribution is -2.25. The summed E-state index contributed by atoms with van der Waals surface area (Å²) in [7, 11) is 2.09. The van der Waals surface area contributed by atoms with Crippen molar-refractivity contribution in [3.8, 4) is 0 Å². The summed E-state index contributed by atoms with van der Waals surface area (Å²) in [5.41, 5.74) is 0.984. The standard InChI is InChI=1S/C13H25N3O/c1-10(2)7-14-8-12-6-13(17-15-12)9-16(5)11(3)4/h6,10-11,14H,7-9H2,1-5H3. The van der Waals surface area contributed by atoms with Crippen molar-refractivity contribution in [2.24, 2.45) is 5.92 Å². The number of nitrogens with one attached hydrogen (secondary N) is 1. The van der Waals surface area contributed by atoms with Crippen molar-refractivity contribution >= 4 is 0 Å². The molecule has 0 spiro atoms. The van der Waals surface area contributed by atoms with Gasteiger partial charge >= 0.3 is 0 Å². The summed E-state index contributed by atoms with van der Waals surface area (Å²) in [6.07, 6.45) is 0. The fourth-order valence-corrected chi connectivity index (χ4v) is 1.43. The average molecular weight is 239 g/mol. The summed E-state index contributed by atoms with van der Waals surface area (Å²) in [5, 5.41) is 7.42. The fourth-order valence-electron chi connectivity index (χ4n) is 1.43. The van der Waals surface area contributed by atoms with E-state index in [0.29, 0.717) is 12.0 Å². The molecule has 1 heterocycles. The van der Waals surface area contributed by atoms with E-state index in [1.54, 1.807) is 0 Å². The van der Waals surface area contributed by atoms with Crippen molar-refractivity contribution in [1.29, 1.82) is 0 Å². The first-order chi connectivity index (χ1) is 7.99. The first kappa shape index (κ1) is 14.2. The highest BCUT2D eigenvalue weighted by Gasteiger charge is 2.09. The van der Waals surface area contributed by atoms with E-state index < -0.39 is 0 Å². The lowest BCUT2D eigenvalue weighted by Gasteiger charge is -2.18. The van der Waals surface area contributed by atoms with E-state index in [-0.39, 0.29) is 0 Å². The van der Waals surface area contributed by atoms with Crippen molar-refractivity contribution in [3.63, 3.8) is 0 Å². The van der Waals surface area contributed by atoms with Crippen LogP contribution in [0.3, 0.4) is 0 Å². The predicted molar refractivity (Wildman–Crippen MR) is 69.7 cm³/mol. The van der Waals surface area contributed by atoms with Crippen LogP contribution in [0.15, 0.2) is 10.6 Å². The largest absolute Gasteiger partial charge is 0.360 e. The van der Waals surface area contributed by atoms with Crippen LogP contribution in [0.4, 0.5) is 0 Å². The highest BCUT2D eigenvalue weighted by atomic mass is 16.5. The molecular formula is C13H25N3O. The molecule has 0 aliphatic carbocycles. The number of hydrogen-bond donors (Lipinski definition) is 1. The topological polar surface area (TPSA) is 41.3 Å².